The highest BCUT2D eigenvalue weighted by Crippen LogP contribution is 2.39. The van der Waals surface area contributed by atoms with E-state index in [1.165, 1.54) is 13.3 Å². The van der Waals surface area contributed by atoms with Gasteiger partial charge in [0.05, 0.1) is 28.1 Å². The van der Waals surface area contributed by atoms with Gasteiger partial charge in [-0.2, -0.15) is 0 Å². The molecule has 0 N–H and O–H groups in total. The van der Waals surface area contributed by atoms with Crippen molar-refractivity contribution in [3.8, 4) is 11.1 Å². The summed E-state index contributed by atoms with van der Waals surface area (Å²) in [7, 11) is -3.29. The molecule has 1 heterocycles. The SMILES string of the molecule is CCCS(=O)(=O)c1ccc(-c2ccc3c(c2)N(C(=O)OC2CCCCC2)CC(C)N3C(C)=O)cc1. The minimum absolute atomic E-state index is 0.0679. The molecule has 2 aliphatic rings. The molecule has 0 spiro atoms. The maximum absolute atomic E-state index is 13.2. The predicted molar refractivity (Wildman–Crippen MR) is 138 cm³/mol. The van der Waals surface area contributed by atoms with Gasteiger partial charge in [-0.05, 0) is 74.4 Å². The van der Waals surface area contributed by atoms with Gasteiger partial charge in [-0.15, -0.1) is 0 Å². The van der Waals surface area contributed by atoms with Crippen molar-refractivity contribution in [3.05, 3.63) is 42.5 Å². The average Bonchev–Trinajstić information content (AvgIpc) is 2.83. The molecule has 1 atom stereocenters. The van der Waals surface area contributed by atoms with E-state index in [4.69, 9.17) is 4.74 Å². The van der Waals surface area contributed by atoms with Crippen molar-refractivity contribution >= 4 is 33.2 Å². The topological polar surface area (TPSA) is 84.0 Å². The monoisotopic (exact) mass is 498 g/mol. The molecule has 4 rings (SSSR count). The number of carbonyl (C=O) groups excluding carboxylic acids is 2. The number of nitrogens with zero attached hydrogens (tertiary/aromatic N) is 2. The largest absolute Gasteiger partial charge is 0.446 e. The number of fused-ring (bicyclic) bond motifs is 1. The highest BCUT2D eigenvalue weighted by molar-refractivity contribution is 7.91. The number of rotatable bonds is 5. The molecule has 0 saturated heterocycles. The van der Waals surface area contributed by atoms with Crippen LogP contribution in [0.25, 0.3) is 11.1 Å². The van der Waals surface area contributed by atoms with Crippen LogP contribution >= 0.6 is 0 Å². The Morgan fingerprint density at radius 2 is 1.63 bits per heavy atom. The van der Waals surface area contributed by atoms with Gasteiger partial charge in [0.25, 0.3) is 0 Å². The van der Waals surface area contributed by atoms with Crippen LogP contribution in [0.15, 0.2) is 47.4 Å². The summed E-state index contributed by atoms with van der Waals surface area (Å²) in [4.78, 5) is 29.3. The van der Waals surface area contributed by atoms with Gasteiger partial charge in [0.1, 0.15) is 6.10 Å². The van der Waals surface area contributed by atoms with Crippen LogP contribution in [0, 0.1) is 0 Å². The van der Waals surface area contributed by atoms with Crippen LogP contribution in [0.2, 0.25) is 0 Å². The first kappa shape index (κ1) is 25.2. The molecule has 1 saturated carbocycles. The Labute approximate surface area is 208 Å². The molecule has 2 aromatic rings. The normalized spacial score (nSPS) is 18.8. The second-order valence-electron chi connectivity index (χ2n) is 9.54. The lowest BCUT2D eigenvalue weighted by Gasteiger charge is -2.41. The highest BCUT2D eigenvalue weighted by atomic mass is 32.2. The van der Waals surface area contributed by atoms with E-state index >= 15 is 0 Å². The molecule has 1 aliphatic heterocycles. The fraction of sp³-hybridized carbons (Fsp3) is 0.481. The molecule has 1 unspecified atom stereocenters. The van der Waals surface area contributed by atoms with Crippen molar-refractivity contribution in [1.29, 1.82) is 0 Å². The first-order valence-corrected chi connectivity index (χ1v) is 14.1. The standard InChI is InChI=1S/C27H34N2O5S/c1-4-16-35(32,33)24-13-10-21(11-14-24)22-12-15-25-26(17-22)28(18-19(2)29(25)20(3)30)27(31)34-23-8-6-5-7-9-23/h10-15,17,19,23H,4-9,16,18H2,1-3H3. The van der Waals surface area contributed by atoms with Crippen molar-refractivity contribution in [3.63, 3.8) is 0 Å². The lowest BCUT2D eigenvalue weighted by atomic mass is 9.98. The van der Waals surface area contributed by atoms with E-state index < -0.39 is 9.84 Å². The molecule has 0 aromatic heterocycles. The zero-order chi connectivity index (χ0) is 25.2. The average molecular weight is 499 g/mol. The van der Waals surface area contributed by atoms with Crippen LogP contribution < -0.4 is 9.80 Å². The van der Waals surface area contributed by atoms with Crippen molar-refractivity contribution in [2.45, 2.75) is 76.3 Å². The van der Waals surface area contributed by atoms with E-state index in [0.717, 1.165) is 36.8 Å². The molecule has 2 amide bonds. The van der Waals surface area contributed by atoms with Crippen molar-refractivity contribution in [1.82, 2.24) is 0 Å². The second kappa shape index (κ2) is 10.4. The van der Waals surface area contributed by atoms with E-state index in [1.54, 1.807) is 34.1 Å². The molecule has 188 valence electrons. The Kier molecular flexibility index (Phi) is 7.50. The number of carbonyl (C=O) groups is 2. The lowest BCUT2D eigenvalue weighted by Crippen LogP contribution is -2.52. The number of amides is 2. The number of benzene rings is 2. The highest BCUT2D eigenvalue weighted by Gasteiger charge is 2.35. The molecule has 1 aliphatic carbocycles. The third-order valence-electron chi connectivity index (χ3n) is 6.81. The third kappa shape index (κ3) is 5.37. The fourth-order valence-electron chi connectivity index (χ4n) is 5.09. The number of hydrogen-bond acceptors (Lipinski definition) is 5. The first-order chi connectivity index (χ1) is 16.7. The Bertz CT molecular complexity index is 1190. The van der Waals surface area contributed by atoms with Gasteiger partial charge in [0, 0.05) is 13.5 Å². The van der Waals surface area contributed by atoms with Gasteiger partial charge in [-0.3, -0.25) is 9.69 Å². The van der Waals surface area contributed by atoms with Crippen LogP contribution in [-0.2, 0) is 19.4 Å². The van der Waals surface area contributed by atoms with E-state index in [1.807, 2.05) is 32.0 Å². The third-order valence-corrected chi connectivity index (χ3v) is 8.75. The molecule has 0 radical (unpaired) electrons. The van der Waals surface area contributed by atoms with E-state index in [-0.39, 0.29) is 29.9 Å². The van der Waals surface area contributed by atoms with Crippen molar-refractivity contribution in [2.24, 2.45) is 0 Å². The molecular weight excluding hydrogens is 464 g/mol. The maximum Gasteiger partial charge on any atom is 0.414 e. The summed E-state index contributed by atoms with van der Waals surface area (Å²) in [5.74, 6) is 0.0276. The summed E-state index contributed by atoms with van der Waals surface area (Å²) in [6, 6.07) is 12.3. The molecular formula is C27H34N2O5S. The van der Waals surface area contributed by atoms with Crippen LogP contribution in [0.3, 0.4) is 0 Å². The summed E-state index contributed by atoms with van der Waals surface area (Å²) < 4.78 is 30.6. The van der Waals surface area contributed by atoms with Crippen LogP contribution in [0.4, 0.5) is 16.2 Å². The summed E-state index contributed by atoms with van der Waals surface area (Å²) in [6.07, 6.45) is 5.19. The first-order valence-electron chi connectivity index (χ1n) is 12.5. The molecule has 1 fully saturated rings. The van der Waals surface area contributed by atoms with Crippen molar-refractivity contribution < 1.29 is 22.7 Å². The summed E-state index contributed by atoms with van der Waals surface area (Å²) in [5, 5.41) is 0. The molecule has 0 bridgehead atoms. The van der Waals surface area contributed by atoms with Gasteiger partial charge in [-0.1, -0.05) is 31.5 Å². The second-order valence-corrected chi connectivity index (χ2v) is 11.6. The Morgan fingerprint density at radius 3 is 2.26 bits per heavy atom. The van der Waals surface area contributed by atoms with E-state index in [2.05, 4.69) is 0 Å². The molecule has 2 aromatic carbocycles. The van der Waals surface area contributed by atoms with Gasteiger partial charge >= 0.3 is 6.09 Å². The van der Waals surface area contributed by atoms with Crippen LogP contribution in [0.1, 0.15) is 59.3 Å². The predicted octanol–water partition coefficient (Wildman–Crippen LogP) is 5.57. The molecule has 35 heavy (non-hydrogen) atoms. The van der Waals surface area contributed by atoms with Crippen LogP contribution in [-0.4, -0.2) is 44.9 Å². The quantitative estimate of drug-likeness (QED) is 0.538. The lowest BCUT2D eigenvalue weighted by molar-refractivity contribution is -0.117. The number of hydrogen-bond donors (Lipinski definition) is 0. The summed E-state index contributed by atoms with van der Waals surface area (Å²) >= 11 is 0. The van der Waals surface area contributed by atoms with Gasteiger partial charge in [-0.25, -0.2) is 13.2 Å². The molecule has 7 nitrogen and oxygen atoms in total. The minimum Gasteiger partial charge on any atom is -0.446 e. The van der Waals surface area contributed by atoms with Gasteiger partial charge < -0.3 is 9.64 Å². The summed E-state index contributed by atoms with van der Waals surface area (Å²) in [5.41, 5.74) is 2.95. The number of ether oxygens (including phenoxy) is 1. The summed E-state index contributed by atoms with van der Waals surface area (Å²) in [6.45, 7) is 5.64. The van der Waals surface area contributed by atoms with E-state index in [9.17, 15) is 18.0 Å². The molecule has 8 heteroatoms. The zero-order valence-corrected chi connectivity index (χ0v) is 21.5. The van der Waals surface area contributed by atoms with Crippen molar-refractivity contribution in [2.75, 3.05) is 22.1 Å². The Morgan fingerprint density at radius 1 is 0.971 bits per heavy atom. The smallest absolute Gasteiger partial charge is 0.414 e. The Hall–Kier alpha value is -2.87. The maximum atomic E-state index is 13.2. The Balaban J connectivity index is 1.68. The number of anilines is 2. The minimum atomic E-state index is -3.29. The zero-order valence-electron chi connectivity index (χ0n) is 20.7. The van der Waals surface area contributed by atoms with Crippen LogP contribution in [0.5, 0.6) is 0 Å². The number of sulfone groups is 1. The van der Waals surface area contributed by atoms with Gasteiger partial charge in [0.2, 0.25) is 5.91 Å². The van der Waals surface area contributed by atoms with Gasteiger partial charge in [0.15, 0.2) is 9.84 Å². The fourth-order valence-corrected chi connectivity index (χ4v) is 6.41. The van der Waals surface area contributed by atoms with E-state index in [0.29, 0.717) is 29.2 Å².